The molecule has 1 aromatic carbocycles. The second-order valence-corrected chi connectivity index (χ2v) is 6.10. The third-order valence-corrected chi connectivity index (χ3v) is 4.66. The van der Waals surface area contributed by atoms with Gasteiger partial charge in [-0.2, -0.15) is 0 Å². The Balaban J connectivity index is 1.75. The zero-order valence-electron chi connectivity index (χ0n) is 11.4. The summed E-state index contributed by atoms with van der Waals surface area (Å²) in [5, 5.41) is 3.51. The molecule has 1 atom stereocenters. The number of benzene rings is 1. The summed E-state index contributed by atoms with van der Waals surface area (Å²) in [6, 6.07) is 11.6. The summed E-state index contributed by atoms with van der Waals surface area (Å²) < 4.78 is 13.8. The number of thioether (sulfide) groups is 1. The maximum Gasteiger partial charge on any atom is 0.137 e. The molecule has 0 radical (unpaired) electrons. The Hall–Kier alpha value is -1.39. The van der Waals surface area contributed by atoms with E-state index < -0.39 is 0 Å². The van der Waals surface area contributed by atoms with Gasteiger partial charge >= 0.3 is 0 Å². The van der Waals surface area contributed by atoms with Crippen LogP contribution >= 0.6 is 11.8 Å². The highest BCUT2D eigenvalue weighted by molar-refractivity contribution is 7.99. The molecule has 4 heteroatoms. The molecule has 0 bridgehead atoms. The molecule has 0 saturated carbocycles. The van der Waals surface area contributed by atoms with Crippen molar-refractivity contribution >= 4 is 11.8 Å². The first kappa shape index (κ1) is 13.6. The average molecular weight is 288 g/mol. The lowest BCUT2D eigenvalue weighted by Gasteiger charge is -2.26. The predicted octanol–water partition coefficient (Wildman–Crippen LogP) is 3.86. The Morgan fingerprint density at radius 1 is 1.30 bits per heavy atom. The van der Waals surface area contributed by atoms with Gasteiger partial charge in [0.2, 0.25) is 0 Å². The summed E-state index contributed by atoms with van der Waals surface area (Å²) in [5.41, 5.74) is 3.13. The Kier molecular flexibility index (Phi) is 4.03. The van der Waals surface area contributed by atoms with E-state index >= 15 is 0 Å². The van der Waals surface area contributed by atoms with Gasteiger partial charge < -0.3 is 5.32 Å². The van der Waals surface area contributed by atoms with Crippen LogP contribution < -0.4 is 5.32 Å². The van der Waals surface area contributed by atoms with Crippen molar-refractivity contribution in [3.8, 4) is 0 Å². The zero-order valence-corrected chi connectivity index (χ0v) is 12.2. The number of halogens is 1. The Morgan fingerprint density at radius 3 is 3.00 bits per heavy atom. The van der Waals surface area contributed by atoms with Crippen molar-refractivity contribution in [3.63, 3.8) is 0 Å². The normalized spacial score (nSPS) is 17.8. The van der Waals surface area contributed by atoms with Crippen LogP contribution in [-0.4, -0.2) is 10.7 Å². The van der Waals surface area contributed by atoms with Crippen LogP contribution in [0.4, 0.5) is 4.39 Å². The van der Waals surface area contributed by atoms with Gasteiger partial charge in [0.15, 0.2) is 0 Å². The van der Waals surface area contributed by atoms with Crippen LogP contribution in [-0.2, 0) is 6.54 Å². The van der Waals surface area contributed by atoms with Crippen LogP contribution in [0.2, 0.25) is 0 Å². The van der Waals surface area contributed by atoms with Gasteiger partial charge in [-0.05, 0) is 42.9 Å². The van der Waals surface area contributed by atoms with E-state index in [1.165, 1.54) is 6.07 Å². The molecule has 1 aliphatic rings. The molecule has 0 spiro atoms. The molecular formula is C16H17FN2S. The first-order chi connectivity index (χ1) is 9.74. The maximum absolute atomic E-state index is 13.8. The molecule has 0 amide bonds. The van der Waals surface area contributed by atoms with Crippen LogP contribution in [0.25, 0.3) is 0 Å². The molecule has 1 aromatic heterocycles. The summed E-state index contributed by atoms with van der Waals surface area (Å²) in [6.07, 6.45) is 1.02. The van der Waals surface area contributed by atoms with Gasteiger partial charge in [-0.3, -0.25) is 4.98 Å². The summed E-state index contributed by atoms with van der Waals surface area (Å²) in [7, 11) is 0. The van der Waals surface area contributed by atoms with Crippen molar-refractivity contribution in [2.45, 2.75) is 30.8 Å². The van der Waals surface area contributed by atoms with E-state index in [4.69, 9.17) is 0 Å². The molecule has 20 heavy (non-hydrogen) atoms. The first-order valence-corrected chi connectivity index (χ1v) is 7.80. The molecule has 1 N–H and O–H groups in total. The minimum Gasteiger partial charge on any atom is -0.304 e. The molecule has 2 nitrogen and oxygen atoms in total. The minimum atomic E-state index is -0.104. The van der Waals surface area contributed by atoms with E-state index in [-0.39, 0.29) is 11.9 Å². The molecule has 104 valence electrons. The topological polar surface area (TPSA) is 24.9 Å². The summed E-state index contributed by atoms with van der Waals surface area (Å²) in [4.78, 5) is 5.29. The minimum absolute atomic E-state index is 0.104. The Bertz CT molecular complexity index is 615. The van der Waals surface area contributed by atoms with E-state index in [9.17, 15) is 4.39 Å². The van der Waals surface area contributed by atoms with Gasteiger partial charge in [0, 0.05) is 23.2 Å². The van der Waals surface area contributed by atoms with Crippen molar-refractivity contribution < 1.29 is 4.39 Å². The molecule has 0 saturated heterocycles. The first-order valence-electron chi connectivity index (χ1n) is 6.81. The van der Waals surface area contributed by atoms with Crippen molar-refractivity contribution in [2.75, 3.05) is 5.75 Å². The standard InChI is InChI=1S/C16H17FN2S/c1-11-4-2-5-12(19-11)10-18-15-8-9-20-16-13(15)6-3-7-14(16)17/h2-7,15,18H,8-10H2,1H3. The molecule has 0 aliphatic carbocycles. The fraction of sp³-hybridized carbons (Fsp3) is 0.312. The van der Waals surface area contributed by atoms with Gasteiger partial charge in [0.05, 0.1) is 5.69 Å². The van der Waals surface area contributed by atoms with Crippen molar-refractivity contribution in [2.24, 2.45) is 0 Å². The SMILES string of the molecule is Cc1cccc(CNC2CCSc3c(F)cccc32)n1. The van der Waals surface area contributed by atoms with Gasteiger partial charge in [0.25, 0.3) is 0 Å². The summed E-state index contributed by atoms with van der Waals surface area (Å²) in [5.74, 6) is 0.847. The van der Waals surface area contributed by atoms with Gasteiger partial charge in [-0.15, -0.1) is 11.8 Å². The van der Waals surface area contributed by atoms with Gasteiger partial charge in [-0.1, -0.05) is 18.2 Å². The van der Waals surface area contributed by atoms with Crippen molar-refractivity contribution in [1.82, 2.24) is 10.3 Å². The number of aryl methyl sites for hydroxylation is 1. The highest BCUT2D eigenvalue weighted by Crippen LogP contribution is 2.37. The summed E-state index contributed by atoms with van der Waals surface area (Å²) >= 11 is 1.61. The van der Waals surface area contributed by atoms with E-state index in [2.05, 4.69) is 10.3 Å². The van der Waals surface area contributed by atoms with E-state index in [1.54, 1.807) is 17.8 Å². The highest BCUT2D eigenvalue weighted by atomic mass is 32.2. The number of fused-ring (bicyclic) bond motifs is 1. The van der Waals surface area contributed by atoms with Crippen LogP contribution in [0.5, 0.6) is 0 Å². The second-order valence-electron chi connectivity index (χ2n) is 5.00. The number of nitrogens with zero attached hydrogens (tertiary/aromatic N) is 1. The lowest BCUT2D eigenvalue weighted by molar-refractivity contribution is 0.493. The maximum atomic E-state index is 13.8. The highest BCUT2D eigenvalue weighted by Gasteiger charge is 2.22. The predicted molar refractivity (Wildman–Crippen MR) is 80.3 cm³/mol. The monoisotopic (exact) mass is 288 g/mol. The van der Waals surface area contributed by atoms with Crippen molar-refractivity contribution in [1.29, 1.82) is 0 Å². The molecule has 2 aromatic rings. The lowest BCUT2D eigenvalue weighted by Crippen LogP contribution is -2.25. The second kappa shape index (κ2) is 5.94. The fourth-order valence-electron chi connectivity index (χ4n) is 2.52. The quantitative estimate of drug-likeness (QED) is 0.928. The van der Waals surface area contributed by atoms with Crippen LogP contribution in [0, 0.1) is 12.7 Å². The smallest absolute Gasteiger partial charge is 0.137 e. The number of aromatic nitrogens is 1. The molecule has 2 heterocycles. The van der Waals surface area contributed by atoms with Crippen LogP contribution in [0.3, 0.4) is 0 Å². The Morgan fingerprint density at radius 2 is 2.15 bits per heavy atom. The van der Waals surface area contributed by atoms with Crippen molar-refractivity contribution in [3.05, 3.63) is 59.2 Å². The molecule has 1 aliphatic heterocycles. The third-order valence-electron chi connectivity index (χ3n) is 3.50. The number of rotatable bonds is 3. The van der Waals surface area contributed by atoms with Crippen LogP contribution in [0.1, 0.15) is 29.4 Å². The molecule has 0 fully saturated rings. The number of pyridine rings is 1. The van der Waals surface area contributed by atoms with E-state index in [0.29, 0.717) is 6.54 Å². The third kappa shape index (κ3) is 2.86. The number of nitrogens with one attached hydrogen (secondary N) is 1. The van der Waals surface area contributed by atoms with E-state index in [0.717, 1.165) is 34.0 Å². The Labute approximate surface area is 122 Å². The number of hydrogen-bond donors (Lipinski definition) is 1. The molecular weight excluding hydrogens is 271 g/mol. The fourth-order valence-corrected chi connectivity index (χ4v) is 3.66. The number of hydrogen-bond acceptors (Lipinski definition) is 3. The molecule has 3 rings (SSSR count). The largest absolute Gasteiger partial charge is 0.304 e. The van der Waals surface area contributed by atoms with Crippen LogP contribution in [0.15, 0.2) is 41.3 Å². The zero-order chi connectivity index (χ0) is 13.9. The van der Waals surface area contributed by atoms with E-state index in [1.807, 2.05) is 31.2 Å². The summed E-state index contributed by atoms with van der Waals surface area (Å²) in [6.45, 7) is 2.71. The van der Waals surface area contributed by atoms with Gasteiger partial charge in [-0.25, -0.2) is 4.39 Å². The molecule has 1 unspecified atom stereocenters. The lowest BCUT2D eigenvalue weighted by atomic mass is 10.0. The van der Waals surface area contributed by atoms with Gasteiger partial charge in [0.1, 0.15) is 5.82 Å². The average Bonchev–Trinajstić information content (AvgIpc) is 2.46.